The molecule has 0 aliphatic carbocycles. The normalized spacial score (nSPS) is 11.1. The van der Waals surface area contributed by atoms with E-state index in [2.05, 4.69) is 25.8 Å². The van der Waals surface area contributed by atoms with Gasteiger partial charge in [-0.2, -0.15) is 16.3 Å². The Bertz CT molecular complexity index is 1020. The van der Waals surface area contributed by atoms with E-state index in [1.54, 1.807) is 28.2 Å². The molecule has 0 atom stereocenters. The number of aromatic nitrogens is 5. The molecule has 4 rings (SSSR count). The Hall–Kier alpha value is -3.07. The number of nitrogens with one attached hydrogen (secondary N) is 1. The molecule has 1 amide bonds. The topological polar surface area (TPSA) is 98.7 Å². The highest BCUT2D eigenvalue weighted by molar-refractivity contribution is 7.08. The van der Waals surface area contributed by atoms with Crippen molar-refractivity contribution in [3.05, 3.63) is 46.4 Å². The molecule has 4 aromatic rings. The summed E-state index contributed by atoms with van der Waals surface area (Å²) in [6.07, 6.45) is 0. The van der Waals surface area contributed by atoms with Crippen molar-refractivity contribution in [3.63, 3.8) is 0 Å². The molecule has 1 aromatic carbocycles. The summed E-state index contributed by atoms with van der Waals surface area (Å²) < 4.78 is 6.97. The lowest BCUT2D eigenvalue weighted by atomic mass is 10.2. The quantitative estimate of drug-likeness (QED) is 0.591. The maximum absolute atomic E-state index is 12.3. The van der Waals surface area contributed by atoms with Crippen molar-refractivity contribution in [2.24, 2.45) is 0 Å². The van der Waals surface area contributed by atoms with Crippen LogP contribution in [0.15, 0.2) is 39.5 Å². The van der Waals surface area contributed by atoms with Crippen molar-refractivity contribution >= 4 is 28.3 Å². The standard InChI is InChI=1S/C16H14N6O2S/c1-2-22-13-4-3-10(7-12(13)19-21-22)15(23)17-8-14-18-16(24-20-14)11-5-6-25-9-11/h3-7,9H,2,8H2,1H3,(H,17,23). The summed E-state index contributed by atoms with van der Waals surface area (Å²) in [5, 5.41) is 18.6. The van der Waals surface area contributed by atoms with E-state index in [4.69, 9.17) is 4.52 Å². The van der Waals surface area contributed by atoms with Crippen molar-refractivity contribution in [2.75, 3.05) is 0 Å². The zero-order valence-electron chi connectivity index (χ0n) is 13.3. The number of benzene rings is 1. The van der Waals surface area contributed by atoms with E-state index in [9.17, 15) is 4.79 Å². The van der Waals surface area contributed by atoms with Crippen LogP contribution in [0.5, 0.6) is 0 Å². The number of hydrogen-bond donors (Lipinski definition) is 1. The van der Waals surface area contributed by atoms with Crippen LogP contribution in [0.4, 0.5) is 0 Å². The summed E-state index contributed by atoms with van der Waals surface area (Å²) >= 11 is 1.55. The molecule has 0 fully saturated rings. The first-order chi connectivity index (χ1) is 12.2. The van der Waals surface area contributed by atoms with Crippen molar-refractivity contribution in [3.8, 4) is 11.5 Å². The maximum Gasteiger partial charge on any atom is 0.258 e. The summed E-state index contributed by atoms with van der Waals surface area (Å²) in [6.45, 7) is 2.91. The number of carbonyl (C=O) groups is 1. The molecule has 0 radical (unpaired) electrons. The number of fused-ring (bicyclic) bond motifs is 1. The lowest BCUT2D eigenvalue weighted by Crippen LogP contribution is -2.23. The van der Waals surface area contributed by atoms with Gasteiger partial charge in [-0.3, -0.25) is 4.79 Å². The number of hydrogen-bond acceptors (Lipinski definition) is 7. The second-order valence-electron chi connectivity index (χ2n) is 5.32. The molecule has 1 N–H and O–H groups in total. The number of aryl methyl sites for hydroxylation is 1. The van der Waals surface area contributed by atoms with Crippen molar-refractivity contribution in [2.45, 2.75) is 20.0 Å². The molecule has 0 spiro atoms. The minimum atomic E-state index is -0.227. The van der Waals surface area contributed by atoms with Gasteiger partial charge in [0.1, 0.15) is 5.52 Å². The zero-order valence-corrected chi connectivity index (χ0v) is 14.2. The Balaban J connectivity index is 1.45. The van der Waals surface area contributed by atoms with Crippen LogP contribution in [-0.2, 0) is 13.1 Å². The third-order valence-electron chi connectivity index (χ3n) is 3.72. The van der Waals surface area contributed by atoms with Crippen LogP contribution >= 0.6 is 11.3 Å². The van der Waals surface area contributed by atoms with Gasteiger partial charge in [0.25, 0.3) is 11.8 Å². The highest BCUT2D eigenvalue weighted by atomic mass is 32.1. The fraction of sp³-hybridized carbons (Fsp3) is 0.188. The van der Waals surface area contributed by atoms with Gasteiger partial charge in [-0.15, -0.1) is 5.10 Å². The summed E-state index contributed by atoms with van der Waals surface area (Å²) in [6, 6.07) is 7.22. The van der Waals surface area contributed by atoms with E-state index >= 15 is 0 Å². The Morgan fingerprint density at radius 2 is 2.28 bits per heavy atom. The predicted octanol–water partition coefficient (Wildman–Crippen LogP) is 2.49. The number of carbonyl (C=O) groups excluding carboxylic acids is 1. The van der Waals surface area contributed by atoms with Crippen LogP contribution in [0.2, 0.25) is 0 Å². The molecular formula is C16H14N6O2S. The van der Waals surface area contributed by atoms with E-state index in [0.29, 0.717) is 22.8 Å². The molecule has 0 aliphatic heterocycles. The second-order valence-corrected chi connectivity index (χ2v) is 6.10. The van der Waals surface area contributed by atoms with Gasteiger partial charge in [0.2, 0.25) is 0 Å². The largest absolute Gasteiger partial charge is 0.345 e. The summed E-state index contributed by atoms with van der Waals surface area (Å²) in [7, 11) is 0. The minimum absolute atomic E-state index is 0.187. The number of thiophene rings is 1. The first-order valence-electron chi connectivity index (χ1n) is 7.71. The van der Waals surface area contributed by atoms with E-state index in [1.165, 1.54) is 0 Å². The monoisotopic (exact) mass is 354 g/mol. The third kappa shape index (κ3) is 3.01. The van der Waals surface area contributed by atoms with Gasteiger partial charge in [0.05, 0.1) is 17.6 Å². The van der Waals surface area contributed by atoms with E-state index in [-0.39, 0.29) is 12.5 Å². The van der Waals surface area contributed by atoms with Crippen LogP contribution in [0, 0.1) is 0 Å². The van der Waals surface area contributed by atoms with Gasteiger partial charge >= 0.3 is 0 Å². The molecule has 25 heavy (non-hydrogen) atoms. The third-order valence-corrected chi connectivity index (χ3v) is 4.40. The highest BCUT2D eigenvalue weighted by Crippen LogP contribution is 2.19. The Morgan fingerprint density at radius 1 is 1.36 bits per heavy atom. The van der Waals surface area contributed by atoms with Crippen LogP contribution in [-0.4, -0.2) is 31.0 Å². The maximum atomic E-state index is 12.3. The van der Waals surface area contributed by atoms with Gasteiger partial charge in [-0.1, -0.05) is 10.4 Å². The van der Waals surface area contributed by atoms with Gasteiger partial charge in [0.15, 0.2) is 5.82 Å². The molecule has 0 bridgehead atoms. The molecule has 8 nitrogen and oxygen atoms in total. The average molecular weight is 354 g/mol. The van der Waals surface area contributed by atoms with Gasteiger partial charge in [-0.25, -0.2) is 4.68 Å². The SMILES string of the molecule is CCn1nnc2cc(C(=O)NCc3noc(-c4ccsc4)n3)ccc21. The molecule has 0 aliphatic rings. The first kappa shape index (κ1) is 15.5. The molecular weight excluding hydrogens is 340 g/mol. The van der Waals surface area contributed by atoms with Crippen molar-refractivity contribution < 1.29 is 9.32 Å². The lowest BCUT2D eigenvalue weighted by Gasteiger charge is -2.03. The fourth-order valence-electron chi connectivity index (χ4n) is 2.44. The smallest absolute Gasteiger partial charge is 0.258 e. The number of amides is 1. The van der Waals surface area contributed by atoms with E-state index in [0.717, 1.165) is 17.6 Å². The van der Waals surface area contributed by atoms with E-state index in [1.807, 2.05) is 29.8 Å². The summed E-state index contributed by atoms with van der Waals surface area (Å²) in [4.78, 5) is 16.6. The van der Waals surface area contributed by atoms with Crippen LogP contribution in [0.25, 0.3) is 22.5 Å². The molecule has 0 unspecified atom stereocenters. The molecule has 3 aromatic heterocycles. The Morgan fingerprint density at radius 3 is 3.08 bits per heavy atom. The Labute approximate surface area is 146 Å². The Kier molecular flexibility index (Phi) is 3.98. The highest BCUT2D eigenvalue weighted by Gasteiger charge is 2.12. The number of rotatable bonds is 5. The minimum Gasteiger partial charge on any atom is -0.345 e. The fourth-order valence-corrected chi connectivity index (χ4v) is 3.07. The van der Waals surface area contributed by atoms with Gasteiger partial charge in [-0.05, 0) is 36.6 Å². The molecule has 0 saturated heterocycles. The van der Waals surface area contributed by atoms with Gasteiger partial charge in [0, 0.05) is 17.5 Å². The summed E-state index contributed by atoms with van der Waals surface area (Å²) in [5.41, 5.74) is 2.98. The predicted molar refractivity (Wildman–Crippen MR) is 92.0 cm³/mol. The lowest BCUT2D eigenvalue weighted by molar-refractivity contribution is 0.0949. The number of nitrogens with zero attached hydrogens (tertiary/aromatic N) is 5. The van der Waals surface area contributed by atoms with Crippen LogP contribution in [0.3, 0.4) is 0 Å². The van der Waals surface area contributed by atoms with Crippen molar-refractivity contribution in [1.82, 2.24) is 30.5 Å². The van der Waals surface area contributed by atoms with Crippen LogP contribution in [0.1, 0.15) is 23.1 Å². The zero-order chi connectivity index (χ0) is 17.2. The molecule has 0 saturated carbocycles. The summed E-state index contributed by atoms with van der Waals surface area (Å²) in [5.74, 6) is 0.644. The van der Waals surface area contributed by atoms with Crippen LogP contribution < -0.4 is 5.32 Å². The van der Waals surface area contributed by atoms with Gasteiger partial charge < -0.3 is 9.84 Å². The molecule has 126 valence electrons. The average Bonchev–Trinajstić information content (AvgIpc) is 3.38. The van der Waals surface area contributed by atoms with E-state index < -0.39 is 0 Å². The first-order valence-corrected chi connectivity index (χ1v) is 8.65. The molecule has 3 heterocycles. The molecule has 9 heteroatoms. The second kappa shape index (κ2) is 6.44. The van der Waals surface area contributed by atoms with Crippen molar-refractivity contribution in [1.29, 1.82) is 0 Å².